The zero-order chi connectivity index (χ0) is 12.1. The first-order valence-corrected chi connectivity index (χ1v) is 4.78. The van der Waals surface area contributed by atoms with Crippen molar-refractivity contribution in [3.05, 3.63) is 33.3 Å². The Bertz CT molecular complexity index is 384. The summed E-state index contributed by atoms with van der Waals surface area (Å²) in [6.07, 6.45) is -1.02. The second kappa shape index (κ2) is 5.64. The van der Waals surface area contributed by atoms with Crippen molar-refractivity contribution in [3.8, 4) is 5.75 Å². The first-order chi connectivity index (χ1) is 7.54. The van der Waals surface area contributed by atoms with E-state index < -0.39 is 17.6 Å². The molecule has 1 rings (SSSR count). The van der Waals surface area contributed by atoms with Crippen LogP contribution in [0.3, 0.4) is 0 Å². The predicted octanol–water partition coefficient (Wildman–Crippen LogP) is 0.980. The van der Waals surface area contributed by atoms with Crippen LogP contribution in [0.25, 0.3) is 0 Å². The van der Waals surface area contributed by atoms with Gasteiger partial charge in [-0.2, -0.15) is 0 Å². The highest BCUT2D eigenvalue weighted by atomic mass is 35.5. The standard InChI is InChI=1S/C9H10ClNO5/c10-8-2-1-7(3-9(8)11(14)15)16-5-6(13)4-12/h1-3,6,12-13H,4-5H2. The van der Waals surface area contributed by atoms with E-state index in [0.29, 0.717) is 0 Å². The summed E-state index contributed by atoms with van der Waals surface area (Å²) in [5, 5.41) is 28.1. The van der Waals surface area contributed by atoms with Gasteiger partial charge in [0.1, 0.15) is 23.5 Å². The third-order valence-electron chi connectivity index (χ3n) is 1.77. The molecule has 1 unspecified atom stereocenters. The lowest BCUT2D eigenvalue weighted by Crippen LogP contribution is -2.21. The van der Waals surface area contributed by atoms with E-state index in [1.165, 1.54) is 12.1 Å². The van der Waals surface area contributed by atoms with E-state index in [1.54, 1.807) is 0 Å². The van der Waals surface area contributed by atoms with Crippen molar-refractivity contribution in [2.24, 2.45) is 0 Å². The molecule has 7 heteroatoms. The Kier molecular flexibility index (Phi) is 4.48. The maximum Gasteiger partial charge on any atom is 0.291 e. The average molecular weight is 248 g/mol. The summed E-state index contributed by atoms with van der Waals surface area (Å²) in [6, 6.07) is 3.94. The lowest BCUT2D eigenvalue weighted by molar-refractivity contribution is -0.384. The zero-order valence-corrected chi connectivity index (χ0v) is 8.92. The average Bonchev–Trinajstić information content (AvgIpc) is 2.27. The number of benzene rings is 1. The third kappa shape index (κ3) is 3.34. The molecule has 0 saturated heterocycles. The minimum atomic E-state index is -1.02. The van der Waals surface area contributed by atoms with Crippen molar-refractivity contribution in [3.63, 3.8) is 0 Å². The predicted molar refractivity (Wildman–Crippen MR) is 56.7 cm³/mol. The zero-order valence-electron chi connectivity index (χ0n) is 8.17. The minimum Gasteiger partial charge on any atom is -0.491 e. The van der Waals surface area contributed by atoms with Crippen molar-refractivity contribution < 1.29 is 19.9 Å². The van der Waals surface area contributed by atoms with Gasteiger partial charge in [-0.3, -0.25) is 10.1 Å². The Hall–Kier alpha value is -1.37. The number of hydrogen-bond donors (Lipinski definition) is 2. The Labute approximate surface area is 96.2 Å². The number of rotatable bonds is 5. The topological polar surface area (TPSA) is 92.8 Å². The van der Waals surface area contributed by atoms with Gasteiger partial charge in [0.15, 0.2) is 0 Å². The summed E-state index contributed by atoms with van der Waals surface area (Å²) in [4.78, 5) is 9.92. The summed E-state index contributed by atoms with van der Waals surface area (Å²) < 4.78 is 5.03. The van der Waals surface area contributed by atoms with E-state index in [2.05, 4.69) is 0 Å². The SMILES string of the molecule is O=[N+]([O-])c1cc(OCC(O)CO)ccc1Cl. The van der Waals surface area contributed by atoms with Crippen LogP contribution in [0.1, 0.15) is 0 Å². The van der Waals surface area contributed by atoms with Crippen molar-refractivity contribution in [1.82, 2.24) is 0 Å². The summed E-state index contributed by atoms with van der Waals surface area (Å²) >= 11 is 5.59. The molecule has 0 saturated carbocycles. The molecule has 1 aromatic carbocycles. The number of nitrogens with zero attached hydrogens (tertiary/aromatic N) is 1. The molecular formula is C9H10ClNO5. The lowest BCUT2D eigenvalue weighted by Gasteiger charge is -2.09. The smallest absolute Gasteiger partial charge is 0.291 e. The molecule has 0 aromatic heterocycles. The first kappa shape index (κ1) is 12.7. The fourth-order valence-electron chi connectivity index (χ4n) is 0.967. The molecule has 0 bridgehead atoms. The fraction of sp³-hybridized carbons (Fsp3) is 0.333. The second-order valence-electron chi connectivity index (χ2n) is 3.02. The van der Waals surface area contributed by atoms with E-state index in [1.807, 2.05) is 0 Å². The number of aliphatic hydroxyl groups is 2. The Morgan fingerprint density at radius 1 is 1.56 bits per heavy atom. The highest BCUT2D eigenvalue weighted by Gasteiger charge is 2.13. The number of nitro groups is 1. The maximum absolute atomic E-state index is 10.5. The Morgan fingerprint density at radius 3 is 2.81 bits per heavy atom. The molecule has 1 aromatic rings. The number of ether oxygens (including phenoxy) is 1. The van der Waals surface area contributed by atoms with Crippen LogP contribution in [0, 0.1) is 10.1 Å². The van der Waals surface area contributed by atoms with Gasteiger partial charge in [-0.25, -0.2) is 0 Å². The van der Waals surface area contributed by atoms with Crippen LogP contribution in [-0.4, -0.2) is 34.5 Å². The van der Waals surface area contributed by atoms with Gasteiger partial charge in [0, 0.05) is 0 Å². The van der Waals surface area contributed by atoms with Gasteiger partial charge in [0.2, 0.25) is 0 Å². The van der Waals surface area contributed by atoms with Crippen molar-refractivity contribution in [2.45, 2.75) is 6.10 Å². The minimum absolute atomic E-state index is 0.0139. The summed E-state index contributed by atoms with van der Waals surface area (Å²) in [5.41, 5.74) is -0.266. The van der Waals surface area contributed by atoms with E-state index in [4.69, 9.17) is 26.6 Å². The number of hydrogen-bond acceptors (Lipinski definition) is 5. The van der Waals surface area contributed by atoms with Crippen molar-refractivity contribution >= 4 is 17.3 Å². The Morgan fingerprint density at radius 2 is 2.25 bits per heavy atom. The second-order valence-corrected chi connectivity index (χ2v) is 3.42. The summed E-state index contributed by atoms with van der Waals surface area (Å²) in [7, 11) is 0. The monoisotopic (exact) mass is 247 g/mol. The molecule has 1 atom stereocenters. The van der Waals surface area contributed by atoms with Gasteiger partial charge >= 0.3 is 0 Å². The number of nitro benzene ring substituents is 1. The van der Waals surface area contributed by atoms with Crippen LogP contribution in [0.5, 0.6) is 5.75 Å². The summed E-state index contributed by atoms with van der Waals surface area (Å²) in [6.45, 7) is -0.578. The van der Waals surface area contributed by atoms with Crippen LogP contribution in [0.2, 0.25) is 5.02 Å². The van der Waals surface area contributed by atoms with Crippen LogP contribution < -0.4 is 4.74 Å². The van der Waals surface area contributed by atoms with Gasteiger partial charge in [-0.05, 0) is 12.1 Å². The molecule has 0 spiro atoms. The molecule has 0 fully saturated rings. The molecular weight excluding hydrogens is 238 g/mol. The van der Waals surface area contributed by atoms with Gasteiger partial charge < -0.3 is 14.9 Å². The maximum atomic E-state index is 10.5. The first-order valence-electron chi connectivity index (χ1n) is 4.40. The largest absolute Gasteiger partial charge is 0.491 e. The number of halogens is 1. The molecule has 0 aliphatic rings. The third-order valence-corrected chi connectivity index (χ3v) is 2.09. The van der Waals surface area contributed by atoms with Crippen LogP contribution in [-0.2, 0) is 0 Å². The Balaban J connectivity index is 2.75. The molecule has 0 aliphatic carbocycles. The quantitative estimate of drug-likeness (QED) is 0.598. The molecule has 0 heterocycles. The van der Waals surface area contributed by atoms with Crippen LogP contribution >= 0.6 is 11.6 Å². The van der Waals surface area contributed by atoms with Crippen molar-refractivity contribution in [1.29, 1.82) is 0 Å². The highest BCUT2D eigenvalue weighted by molar-refractivity contribution is 6.32. The van der Waals surface area contributed by atoms with Gasteiger partial charge in [-0.15, -0.1) is 0 Å². The van der Waals surface area contributed by atoms with Crippen molar-refractivity contribution in [2.75, 3.05) is 13.2 Å². The van der Waals surface area contributed by atoms with Gasteiger partial charge in [0.25, 0.3) is 5.69 Å². The molecule has 0 radical (unpaired) electrons. The van der Waals surface area contributed by atoms with E-state index >= 15 is 0 Å². The fourth-order valence-corrected chi connectivity index (χ4v) is 1.15. The summed E-state index contributed by atoms with van der Waals surface area (Å²) in [5.74, 6) is 0.212. The molecule has 16 heavy (non-hydrogen) atoms. The van der Waals surface area contributed by atoms with Gasteiger partial charge in [0.05, 0.1) is 17.6 Å². The molecule has 0 aliphatic heterocycles. The molecule has 6 nitrogen and oxygen atoms in total. The molecule has 0 amide bonds. The van der Waals surface area contributed by atoms with E-state index in [-0.39, 0.29) is 23.1 Å². The molecule has 88 valence electrons. The van der Waals surface area contributed by atoms with E-state index in [0.717, 1.165) is 6.07 Å². The lowest BCUT2D eigenvalue weighted by atomic mass is 10.3. The number of aliphatic hydroxyl groups excluding tert-OH is 2. The van der Waals surface area contributed by atoms with Crippen LogP contribution in [0.15, 0.2) is 18.2 Å². The normalized spacial score (nSPS) is 12.2. The van der Waals surface area contributed by atoms with Crippen LogP contribution in [0.4, 0.5) is 5.69 Å². The molecule has 2 N–H and O–H groups in total. The van der Waals surface area contributed by atoms with Gasteiger partial charge in [-0.1, -0.05) is 11.6 Å². The van der Waals surface area contributed by atoms with E-state index in [9.17, 15) is 10.1 Å². The highest BCUT2D eigenvalue weighted by Crippen LogP contribution is 2.28.